The molecule has 0 aliphatic rings. The van der Waals surface area contributed by atoms with Gasteiger partial charge in [0.05, 0.1) is 36.4 Å². The molecule has 0 bridgehead atoms. The average molecular weight is 362 g/mol. The van der Waals surface area contributed by atoms with Crippen molar-refractivity contribution in [1.29, 1.82) is 5.26 Å². The SMILES string of the molecule is COC(=O)c1ccc(C(F)(F)F)cc1NC(=O)c1cccc(CC#N)c1. The van der Waals surface area contributed by atoms with Crippen LogP contribution in [0.3, 0.4) is 0 Å². The summed E-state index contributed by atoms with van der Waals surface area (Å²) >= 11 is 0. The maximum Gasteiger partial charge on any atom is 0.416 e. The fraction of sp³-hybridized carbons (Fsp3) is 0.167. The Bertz CT molecular complexity index is 886. The number of anilines is 1. The van der Waals surface area contributed by atoms with Gasteiger partial charge in [0.25, 0.3) is 5.91 Å². The lowest BCUT2D eigenvalue weighted by Gasteiger charge is -2.14. The first-order valence-electron chi connectivity index (χ1n) is 7.33. The van der Waals surface area contributed by atoms with Crippen LogP contribution in [0.2, 0.25) is 0 Å². The molecule has 2 rings (SSSR count). The molecule has 1 amide bonds. The Labute approximate surface area is 147 Å². The highest BCUT2D eigenvalue weighted by Gasteiger charge is 2.32. The van der Waals surface area contributed by atoms with E-state index in [2.05, 4.69) is 10.1 Å². The summed E-state index contributed by atoms with van der Waals surface area (Å²) in [5.74, 6) is -1.60. The van der Waals surface area contributed by atoms with Gasteiger partial charge in [0.1, 0.15) is 0 Å². The highest BCUT2D eigenvalue weighted by Crippen LogP contribution is 2.32. The minimum absolute atomic E-state index is 0.0814. The molecular formula is C18H13F3N2O3. The topological polar surface area (TPSA) is 79.2 Å². The van der Waals surface area contributed by atoms with E-state index in [1.807, 2.05) is 6.07 Å². The molecule has 8 heteroatoms. The molecule has 0 aliphatic heterocycles. The second-order valence-electron chi connectivity index (χ2n) is 5.24. The number of carbonyl (C=O) groups is 2. The third-order valence-corrected chi connectivity index (χ3v) is 3.47. The van der Waals surface area contributed by atoms with Gasteiger partial charge in [-0.15, -0.1) is 0 Å². The van der Waals surface area contributed by atoms with Gasteiger partial charge < -0.3 is 10.1 Å². The van der Waals surface area contributed by atoms with Crippen molar-refractivity contribution < 1.29 is 27.5 Å². The molecule has 0 radical (unpaired) electrons. The zero-order chi connectivity index (χ0) is 19.3. The summed E-state index contributed by atoms with van der Waals surface area (Å²) in [4.78, 5) is 24.1. The van der Waals surface area contributed by atoms with Crippen LogP contribution in [0, 0.1) is 11.3 Å². The second-order valence-corrected chi connectivity index (χ2v) is 5.24. The first kappa shape index (κ1) is 19.0. The molecule has 1 N–H and O–H groups in total. The number of benzene rings is 2. The van der Waals surface area contributed by atoms with Crippen LogP contribution in [-0.4, -0.2) is 19.0 Å². The predicted molar refractivity (Wildman–Crippen MR) is 86.5 cm³/mol. The molecule has 0 fully saturated rings. The molecule has 26 heavy (non-hydrogen) atoms. The molecule has 0 spiro atoms. The predicted octanol–water partition coefficient (Wildman–Crippen LogP) is 3.81. The van der Waals surface area contributed by atoms with Crippen LogP contribution in [0.15, 0.2) is 42.5 Å². The summed E-state index contributed by atoms with van der Waals surface area (Å²) in [5.41, 5.74) is -0.813. The van der Waals surface area contributed by atoms with E-state index in [0.717, 1.165) is 19.2 Å². The molecule has 2 aromatic carbocycles. The number of nitrogens with one attached hydrogen (secondary N) is 1. The van der Waals surface area contributed by atoms with Crippen molar-refractivity contribution in [3.05, 3.63) is 64.7 Å². The number of hydrogen-bond donors (Lipinski definition) is 1. The van der Waals surface area contributed by atoms with E-state index in [-0.39, 0.29) is 23.2 Å². The minimum atomic E-state index is -4.64. The molecule has 0 aromatic heterocycles. The smallest absolute Gasteiger partial charge is 0.416 e. The molecule has 0 saturated heterocycles. The van der Waals surface area contributed by atoms with E-state index in [1.54, 1.807) is 12.1 Å². The lowest BCUT2D eigenvalue weighted by molar-refractivity contribution is -0.137. The Balaban J connectivity index is 2.40. The first-order valence-corrected chi connectivity index (χ1v) is 7.33. The van der Waals surface area contributed by atoms with Gasteiger partial charge in [0, 0.05) is 5.56 Å². The molecule has 2 aromatic rings. The van der Waals surface area contributed by atoms with Crippen molar-refractivity contribution >= 4 is 17.6 Å². The van der Waals surface area contributed by atoms with Crippen LogP contribution in [0.4, 0.5) is 18.9 Å². The van der Waals surface area contributed by atoms with Gasteiger partial charge in [0.2, 0.25) is 0 Å². The summed E-state index contributed by atoms with van der Waals surface area (Å²) in [7, 11) is 1.08. The van der Waals surface area contributed by atoms with Gasteiger partial charge >= 0.3 is 12.1 Å². The van der Waals surface area contributed by atoms with Crippen LogP contribution in [0.1, 0.15) is 31.8 Å². The number of nitrogens with zero attached hydrogens (tertiary/aromatic N) is 1. The fourth-order valence-corrected chi connectivity index (χ4v) is 2.22. The first-order chi connectivity index (χ1) is 12.3. The lowest BCUT2D eigenvalue weighted by Crippen LogP contribution is -2.17. The molecule has 0 saturated carbocycles. The molecule has 5 nitrogen and oxygen atoms in total. The Morgan fingerprint density at radius 1 is 1.19 bits per heavy atom. The number of alkyl halides is 3. The minimum Gasteiger partial charge on any atom is -0.465 e. The van der Waals surface area contributed by atoms with E-state index in [4.69, 9.17) is 5.26 Å². The van der Waals surface area contributed by atoms with Gasteiger partial charge in [-0.25, -0.2) is 4.79 Å². The number of halogens is 3. The van der Waals surface area contributed by atoms with Crippen LogP contribution >= 0.6 is 0 Å². The van der Waals surface area contributed by atoms with Crippen molar-refractivity contribution in [2.45, 2.75) is 12.6 Å². The van der Waals surface area contributed by atoms with Gasteiger partial charge in [-0.05, 0) is 35.9 Å². The number of rotatable bonds is 4. The maximum absolute atomic E-state index is 12.9. The zero-order valence-electron chi connectivity index (χ0n) is 13.6. The van der Waals surface area contributed by atoms with Crippen LogP contribution in [-0.2, 0) is 17.3 Å². The number of methoxy groups -OCH3 is 1. The Morgan fingerprint density at radius 3 is 2.54 bits per heavy atom. The van der Waals surface area contributed by atoms with E-state index in [0.29, 0.717) is 11.6 Å². The van der Waals surface area contributed by atoms with Crippen LogP contribution < -0.4 is 5.32 Å². The number of ether oxygens (including phenoxy) is 1. The monoisotopic (exact) mass is 362 g/mol. The van der Waals surface area contributed by atoms with Gasteiger partial charge in [-0.2, -0.15) is 18.4 Å². The van der Waals surface area contributed by atoms with Crippen molar-refractivity contribution in [3.63, 3.8) is 0 Å². The molecule has 0 unspecified atom stereocenters. The number of amides is 1. The Kier molecular flexibility index (Phi) is 5.62. The zero-order valence-corrected chi connectivity index (χ0v) is 13.6. The third-order valence-electron chi connectivity index (χ3n) is 3.47. The van der Waals surface area contributed by atoms with E-state index in [9.17, 15) is 22.8 Å². The highest BCUT2D eigenvalue weighted by atomic mass is 19.4. The standard InChI is InChI=1S/C18H13F3N2O3/c1-26-17(25)14-6-5-13(18(19,20)21)10-15(14)23-16(24)12-4-2-3-11(9-12)7-8-22/h2-6,9-10H,7H2,1H3,(H,23,24). The summed E-state index contributed by atoms with van der Waals surface area (Å²) in [6.07, 6.45) is -4.56. The highest BCUT2D eigenvalue weighted by molar-refractivity contribution is 6.08. The molecule has 134 valence electrons. The van der Waals surface area contributed by atoms with E-state index in [1.165, 1.54) is 12.1 Å². The summed E-state index contributed by atoms with van der Waals surface area (Å²) in [6, 6.07) is 10.4. The second kappa shape index (κ2) is 7.70. The van der Waals surface area contributed by atoms with Crippen molar-refractivity contribution in [2.24, 2.45) is 0 Å². The van der Waals surface area contributed by atoms with Crippen molar-refractivity contribution in [3.8, 4) is 6.07 Å². The van der Waals surface area contributed by atoms with Gasteiger partial charge in [0.15, 0.2) is 0 Å². The molecule has 0 heterocycles. The fourth-order valence-electron chi connectivity index (χ4n) is 2.22. The number of esters is 1. The molecule has 0 atom stereocenters. The van der Waals surface area contributed by atoms with Crippen molar-refractivity contribution in [1.82, 2.24) is 0 Å². The third kappa shape index (κ3) is 4.39. The number of nitriles is 1. The van der Waals surface area contributed by atoms with Crippen LogP contribution in [0.5, 0.6) is 0 Å². The maximum atomic E-state index is 12.9. The van der Waals surface area contributed by atoms with Crippen LogP contribution in [0.25, 0.3) is 0 Å². The largest absolute Gasteiger partial charge is 0.465 e. The molecular weight excluding hydrogens is 349 g/mol. The van der Waals surface area contributed by atoms with Gasteiger partial charge in [-0.3, -0.25) is 4.79 Å². The van der Waals surface area contributed by atoms with E-state index >= 15 is 0 Å². The summed E-state index contributed by atoms with van der Waals surface area (Å²) in [6.45, 7) is 0. The number of carbonyl (C=O) groups excluding carboxylic acids is 2. The summed E-state index contributed by atoms with van der Waals surface area (Å²) < 4.78 is 43.3. The Hall–Kier alpha value is -3.34. The summed E-state index contributed by atoms with van der Waals surface area (Å²) in [5, 5.41) is 11.0. The quantitative estimate of drug-likeness (QED) is 0.839. The molecule has 0 aliphatic carbocycles. The normalized spacial score (nSPS) is 10.7. The van der Waals surface area contributed by atoms with Gasteiger partial charge in [-0.1, -0.05) is 12.1 Å². The number of hydrogen-bond acceptors (Lipinski definition) is 4. The van der Waals surface area contributed by atoms with Crippen molar-refractivity contribution in [2.75, 3.05) is 12.4 Å². The average Bonchev–Trinajstić information content (AvgIpc) is 2.60. The lowest BCUT2D eigenvalue weighted by atomic mass is 10.1. The Morgan fingerprint density at radius 2 is 1.92 bits per heavy atom. The van der Waals surface area contributed by atoms with E-state index < -0.39 is 23.6 Å².